The Balaban J connectivity index is 1.60. The number of rotatable bonds is 4. The molecule has 0 unspecified atom stereocenters. The van der Waals surface area contributed by atoms with Crippen molar-refractivity contribution in [1.82, 2.24) is 19.6 Å². The fourth-order valence-electron chi connectivity index (χ4n) is 5.17. The second-order valence-corrected chi connectivity index (χ2v) is 12.7. The molecule has 2 aromatic rings. The Bertz CT molecular complexity index is 1100. The smallest absolute Gasteiger partial charge is 0.435 e. The van der Waals surface area contributed by atoms with Crippen molar-refractivity contribution in [2.24, 2.45) is 0 Å². The second kappa shape index (κ2) is 11.5. The van der Waals surface area contributed by atoms with E-state index in [9.17, 15) is 9.59 Å². The molecule has 0 bridgehead atoms. The molecule has 0 saturated carbocycles. The summed E-state index contributed by atoms with van der Waals surface area (Å²) in [4.78, 5) is 30.0. The number of hydrogen-bond donors (Lipinski definition) is 0. The van der Waals surface area contributed by atoms with Gasteiger partial charge in [0, 0.05) is 37.3 Å². The summed E-state index contributed by atoms with van der Waals surface area (Å²) >= 11 is 0. The Morgan fingerprint density at radius 1 is 0.868 bits per heavy atom. The molecular formula is C30H44N4O4. The molecule has 2 aliphatic rings. The highest BCUT2D eigenvalue weighted by Gasteiger charge is 2.32. The summed E-state index contributed by atoms with van der Waals surface area (Å²) in [5, 5.41) is 4.73. The zero-order valence-corrected chi connectivity index (χ0v) is 24.0. The molecule has 3 heterocycles. The summed E-state index contributed by atoms with van der Waals surface area (Å²) in [5.41, 5.74) is 2.82. The first kappa shape index (κ1) is 28.1. The predicted molar refractivity (Wildman–Crippen MR) is 148 cm³/mol. The summed E-state index contributed by atoms with van der Waals surface area (Å²) in [6.45, 7) is 15.6. The Hall–Kier alpha value is -2.87. The van der Waals surface area contributed by atoms with Gasteiger partial charge in [0.05, 0.1) is 5.69 Å². The third-order valence-corrected chi connectivity index (χ3v) is 6.90. The molecule has 0 spiro atoms. The van der Waals surface area contributed by atoms with Crippen LogP contribution in [0.5, 0.6) is 0 Å². The lowest BCUT2D eigenvalue weighted by molar-refractivity contribution is 0.0196. The Kier molecular flexibility index (Phi) is 8.50. The van der Waals surface area contributed by atoms with Gasteiger partial charge in [-0.2, -0.15) is 9.78 Å². The molecule has 8 heteroatoms. The minimum absolute atomic E-state index is 0.0111. The highest BCUT2D eigenvalue weighted by atomic mass is 16.6. The van der Waals surface area contributed by atoms with Crippen molar-refractivity contribution in [2.75, 3.05) is 26.2 Å². The van der Waals surface area contributed by atoms with Gasteiger partial charge in [-0.3, -0.25) is 4.90 Å². The number of aromatic nitrogens is 2. The molecule has 2 saturated heterocycles. The quantitative estimate of drug-likeness (QED) is 0.458. The first-order chi connectivity index (χ1) is 17.9. The molecule has 0 N–H and O–H groups in total. The zero-order chi connectivity index (χ0) is 27.5. The van der Waals surface area contributed by atoms with E-state index in [-0.39, 0.29) is 12.0 Å². The number of piperidine rings is 2. The van der Waals surface area contributed by atoms with Crippen LogP contribution in [0.2, 0.25) is 0 Å². The highest BCUT2D eigenvalue weighted by molar-refractivity contribution is 5.75. The number of likely N-dealkylation sites (tertiary alicyclic amines) is 2. The van der Waals surface area contributed by atoms with E-state index in [2.05, 4.69) is 29.2 Å². The summed E-state index contributed by atoms with van der Waals surface area (Å²) in [6, 6.07) is 8.58. The van der Waals surface area contributed by atoms with Gasteiger partial charge in [0.2, 0.25) is 0 Å². The van der Waals surface area contributed by atoms with Crippen LogP contribution in [0.1, 0.15) is 90.8 Å². The number of carbonyl (C=O) groups excluding carboxylic acids is 2. The molecular weight excluding hydrogens is 480 g/mol. The van der Waals surface area contributed by atoms with Crippen LogP contribution in [-0.2, 0) is 16.0 Å². The van der Waals surface area contributed by atoms with Crippen molar-refractivity contribution in [3.8, 4) is 11.1 Å². The van der Waals surface area contributed by atoms with E-state index in [0.717, 1.165) is 49.3 Å². The van der Waals surface area contributed by atoms with Crippen molar-refractivity contribution < 1.29 is 19.1 Å². The molecule has 38 heavy (non-hydrogen) atoms. The summed E-state index contributed by atoms with van der Waals surface area (Å²) in [6.07, 6.45) is 6.55. The minimum Gasteiger partial charge on any atom is -0.444 e. The van der Waals surface area contributed by atoms with Crippen molar-refractivity contribution in [3.63, 3.8) is 0 Å². The molecule has 1 atom stereocenters. The molecule has 2 aliphatic heterocycles. The van der Waals surface area contributed by atoms with Crippen LogP contribution < -0.4 is 0 Å². The van der Waals surface area contributed by atoms with Gasteiger partial charge in [-0.1, -0.05) is 30.7 Å². The van der Waals surface area contributed by atoms with Gasteiger partial charge in [0.15, 0.2) is 0 Å². The van der Waals surface area contributed by atoms with Crippen LogP contribution in [0, 0.1) is 0 Å². The maximum Gasteiger partial charge on any atom is 0.435 e. The van der Waals surface area contributed by atoms with Crippen LogP contribution in [0.15, 0.2) is 30.5 Å². The molecule has 208 valence electrons. The van der Waals surface area contributed by atoms with E-state index in [1.807, 2.05) is 41.5 Å². The summed E-state index contributed by atoms with van der Waals surface area (Å²) in [7, 11) is 0. The lowest BCUT2D eigenvalue weighted by atomic mass is 9.90. The number of hydrogen-bond acceptors (Lipinski definition) is 6. The molecule has 1 aromatic heterocycles. The lowest BCUT2D eigenvalue weighted by Gasteiger charge is -2.33. The average Bonchev–Trinajstić information content (AvgIpc) is 3.29. The van der Waals surface area contributed by atoms with Crippen molar-refractivity contribution >= 4 is 12.2 Å². The average molecular weight is 525 g/mol. The predicted octanol–water partition coefficient (Wildman–Crippen LogP) is 6.43. The van der Waals surface area contributed by atoms with Gasteiger partial charge in [-0.05, 0) is 91.4 Å². The normalized spacial score (nSPS) is 19.3. The third kappa shape index (κ3) is 7.59. The van der Waals surface area contributed by atoms with Crippen LogP contribution in [0.25, 0.3) is 11.1 Å². The number of amides is 1. The van der Waals surface area contributed by atoms with Crippen LogP contribution in [0.3, 0.4) is 0 Å². The van der Waals surface area contributed by atoms with E-state index in [4.69, 9.17) is 14.6 Å². The molecule has 4 rings (SSSR count). The minimum atomic E-state index is -0.627. The lowest BCUT2D eigenvalue weighted by Crippen LogP contribution is -2.42. The van der Waals surface area contributed by atoms with Crippen LogP contribution >= 0.6 is 0 Å². The van der Waals surface area contributed by atoms with Gasteiger partial charge in [-0.25, -0.2) is 9.59 Å². The van der Waals surface area contributed by atoms with Gasteiger partial charge in [-0.15, -0.1) is 0 Å². The van der Waals surface area contributed by atoms with Gasteiger partial charge in [0.25, 0.3) is 0 Å². The van der Waals surface area contributed by atoms with Gasteiger partial charge < -0.3 is 14.4 Å². The van der Waals surface area contributed by atoms with Gasteiger partial charge >= 0.3 is 12.2 Å². The monoisotopic (exact) mass is 524 g/mol. The number of carbonyl (C=O) groups is 2. The maximum absolute atomic E-state index is 12.9. The number of ether oxygens (including phenoxy) is 2. The molecule has 1 aromatic carbocycles. The zero-order valence-electron chi connectivity index (χ0n) is 24.0. The SMILES string of the molecule is CC(C)(C)OC(=O)N1CCC[C@@H](c2nn(C(=O)OC(C)(C)C)cc2-c2ccc(CN3CCCCC3)cc2)C1. The Morgan fingerprint density at radius 2 is 1.50 bits per heavy atom. The van der Waals surface area contributed by atoms with E-state index in [1.54, 1.807) is 11.1 Å². The van der Waals surface area contributed by atoms with E-state index >= 15 is 0 Å². The summed E-state index contributed by atoms with van der Waals surface area (Å²) < 4.78 is 12.5. The van der Waals surface area contributed by atoms with E-state index in [1.165, 1.54) is 29.5 Å². The standard InChI is InChI=1S/C30H44N4O4/c1-29(2,3)37-27(35)33-18-10-11-24(20-33)26-25(21-34(31-26)28(36)38-30(4,5)6)23-14-12-22(13-15-23)19-32-16-8-7-9-17-32/h12-15,21,24H,7-11,16-20H2,1-6H3/t24-/m1/s1. The largest absolute Gasteiger partial charge is 0.444 e. The van der Waals surface area contributed by atoms with Crippen molar-refractivity contribution in [1.29, 1.82) is 0 Å². The number of nitrogens with zero attached hydrogens (tertiary/aromatic N) is 4. The number of benzene rings is 1. The van der Waals surface area contributed by atoms with Crippen LogP contribution in [0.4, 0.5) is 9.59 Å². The topological polar surface area (TPSA) is 76.9 Å². The highest BCUT2D eigenvalue weighted by Crippen LogP contribution is 2.35. The van der Waals surface area contributed by atoms with Crippen LogP contribution in [-0.4, -0.2) is 69.1 Å². The molecule has 1 amide bonds. The maximum atomic E-state index is 12.9. The second-order valence-electron chi connectivity index (χ2n) is 12.7. The molecule has 8 nitrogen and oxygen atoms in total. The third-order valence-electron chi connectivity index (χ3n) is 6.90. The molecule has 0 radical (unpaired) electrons. The Labute approximate surface area is 227 Å². The van der Waals surface area contributed by atoms with Crippen molar-refractivity contribution in [3.05, 3.63) is 41.7 Å². The van der Waals surface area contributed by atoms with E-state index in [0.29, 0.717) is 13.1 Å². The molecule has 2 fully saturated rings. The summed E-state index contributed by atoms with van der Waals surface area (Å²) in [5.74, 6) is -0.0111. The Morgan fingerprint density at radius 3 is 2.13 bits per heavy atom. The van der Waals surface area contributed by atoms with E-state index < -0.39 is 17.3 Å². The fourth-order valence-corrected chi connectivity index (χ4v) is 5.17. The first-order valence-corrected chi connectivity index (χ1v) is 14.0. The fraction of sp³-hybridized carbons (Fsp3) is 0.633. The van der Waals surface area contributed by atoms with Crippen molar-refractivity contribution in [2.45, 2.75) is 97.3 Å². The molecule has 0 aliphatic carbocycles. The van der Waals surface area contributed by atoms with Gasteiger partial charge in [0.1, 0.15) is 11.2 Å². The first-order valence-electron chi connectivity index (χ1n) is 14.0.